The molecular weight excluding hydrogens is 203 g/mol. The van der Waals surface area contributed by atoms with E-state index in [0.717, 1.165) is 0 Å². The number of ether oxygens (including phenoxy) is 1. The van der Waals surface area contributed by atoms with E-state index >= 15 is 0 Å². The molecule has 0 saturated heterocycles. The van der Waals surface area contributed by atoms with Crippen LogP contribution >= 0.6 is 0 Å². The first-order chi connectivity index (χ1) is 6.42. The molecule has 0 aromatic heterocycles. The zero-order valence-electron chi connectivity index (χ0n) is 7.36. The van der Waals surface area contributed by atoms with Gasteiger partial charge in [0, 0.05) is 19.6 Å². The minimum atomic E-state index is -4.59. The van der Waals surface area contributed by atoms with Crippen molar-refractivity contribution in [1.29, 1.82) is 0 Å². The highest BCUT2D eigenvalue weighted by molar-refractivity contribution is 5.71. The van der Waals surface area contributed by atoms with Crippen LogP contribution in [0.1, 0.15) is 0 Å². The summed E-state index contributed by atoms with van der Waals surface area (Å²) in [5, 5.41) is 4.88. The number of amides is 2. The number of halogens is 3. The second kappa shape index (κ2) is 6.44. The standard InChI is InChI=1S/C6H12F3N3O2/c7-6(8,9)14-4-3-11-1-2-12-5(10)13/h11H,1-4H2,(H3,10,12,13). The van der Waals surface area contributed by atoms with Crippen LogP contribution in [0.2, 0.25) is 0 Å². The second-order valence-electron chi connectivity index (χ2n) is 2.34. The predicted molar refractivity (Wildman–Crippen MR) is 42.5 cm³/mol. The van der Waals surface area contributed by atoms with Crippen molar-refractivity contribution < 1.29 is 22.7 Å². The zero-order valence-corrected chi connectivity index (χ0v) is 7.36. The number of hydrogen-bond acceptors (Lipinski definition) is 3. The summed E-state index contributed by atoms with van der Waals surface area (Å²) in [6, 6.07) is -0.668. The van der Waals surface area contributed by atoms with E-state index in [1.165, 1.54) is 0 Å². The van der Waals surface area contributed by atoms with Crippen LogP contribution in [0.3, 0.4) is 0 Å². The van der Waals surface area contributed by atoms with E-state index in [9.17, 15) is 18.0 Å². The van der Waals surface area contributed by atoms with E-state index < -0.39 is 19.0 Å². The molecule has 0 rings (SSSR count). The molecule has 8 heteroatoms. The summed E-state index contributed by atoms with van der Waals surface area (Å²) in [6.07, 6.45) is -4.59. The summed E-state index contributed by atoms with van der Waals surface area (Å²) in [4.78, 5) is 10.1. The average Bonchev–Trinajstić information content (AvgIpc) is 2.00. The molecule has 0 aliphatic heterocycles. The molecule has 5 nitrogen and oxygen atoms in total. The van der Waals surface area contributed by atoms with Gasteiger partial charge in [0.2, 0.25) is 0 Å². The number of urea groups is 1. The van der Waals surface area contributed by atoms with Crippen molar-refractivity contribution in [3.05, 3.63) is 0 Å². The van der Waals surface area contributed by atoms with Crippen LogP contribution in [0.4, 0.5) is 18.0 Å². The lowest BCUT2D eigenvalue weighted by Crippen LogP contribution is -2.36. The summed E-state index contributed by atoms with van der Waals surface area (Å²) < 4.78 is 37.7. The molecule has 0 aromatic rings. The van der Waals surface area contributed by atoms with Crippen LogP contribution in [0.5, 0.6) is 0 Å². The maximum Gasteiger partial charge on any atom is 0.522 e. The van der Waals surface area contributed by atoms with Crippen molar-refractivity contribution in [2.75, 3.05) is 26.2 Å². The molecule has 0 heterocycles. The van der Waals surface area contributed by atoms with Gasteiger partial charge in [-0.05, 0) is 0 Å². The van der Waals surface area contributed by atoms with E-state index in [2.05, 4.69) is 15.4 Å². The van der Waals surface area contributed by atoms with Crippen molar-refractivity contribution in [3.63, 3.8) is 0 Å². The number of carbonyl (C=O) groups is 1. The van der Waals surface area contributed by atoms with E-state index in [4.69, 9.17) is 5.73 Å². The Morgan fingerprint density at radius 1 is 1.29 bits per heavy atom. The first-order valence-corrected chi connectivity index (χ1v) is 3.86. The maximum atomic E-state index is 11.4. The lowest BCUT2D eigenvalue weighted by molar-refractivity contribution is -0.323. The van der Waals surface area contributed by atoms with Crippen LogP contribution in [0, 0.1) is 0 Å². The molecule has 0 fully saturated rings. The van der Waals surface area contributed by atoms with Crippen LogP contribution < -0.4 is 16.4 Å². The quantitative estimate of drug-likeness (QED) is 0.536. The van der Waals surface area contributed by atoms with Gasteiger partial charge < -0.3 is 16.4 Å². The van der Waals surface area contributed by atoms with Gasteiger partial charge in [-0.25, -0.2) is 4.79 Å². The Labute approximate surface area is 78.8 Å². The number of primary amides is 1. The Morgan fingerprint density at radius 3 is 2.43 bits per heavy atom. The molecular formula is C6H12F3N3O2. The highest BCUT2D eigenvalue weighted by Crippen LogP contribution is 2.14. The number of hydrogen-bond donors (Lipinski definition) is 3. The smallest absolute Gasteiger partial charge is 0.352 e. The number of rotatable bonds is 6. The van der Waals surface area contributed by atoms with Gasteiger partial charge in [-0.15, -0.1) is 13.2 Å². The monoisotopic (exact) mass is 215 g/mol. The minimum Gasteiger partial charge on any atom is -0.352 e. The Hall–Kier alpha value is -1.02. The first-order valence-electron chi connectivity index (χ1n) is 3.86. The molecule has 0 atom stereocenters. The topological polar surface area (TPSA) is 76.4 Å². The number of alkyl halides is 3. The summed E-state index contributed by atoms with van der Waals surface area (Å²) >= 11 is 0. The van der Waals surface area contributed by atoms with Crippen molar-refractivity contribution in [2.24, 2.45) is 5.73 Å². The van der Waals surface area contributed by atoms with Crippen LogP contribution in [-0.2, 0) is 4.74 Å². The Bertz CT molecular complexity index is 174. The predicted octanol–water partition coefficient (Wildman–Crippen LogP) is -0.219. The fraction of sp³-hybridized carbons (Fsp3) is 0.833. The third kappa shape index (κ3) is 11.0. The van der Waals surface area contributed by atoms with Crippen LogP contribution in [0.25, 0.3) is 0 Å². The lowest BCUT2D eigenvalue weighted by atomic mass is 10.6. The van der Waals surface area contributed by atoms with Gasteiger partial charge in [0.05, 0.1) is 6.61 Å². The fourth-order valence-electron chi connectivity index (χ4n) is 0.638. The zero-order chi connectivity index (χ0) is 11.0. The molecule has 0 saturated carbocycles. The second-order valence-corrected chi connectivity index (χ2v) is 2.34. The molecule has 0 radical (unpaired) electrons. The molecule has 84 valence electrons. The normalized spacial score (nSPS) is 11.4. The average molecular weight is 215 g/mol. The lowest BCUT2D eigenvalue weighted by Gasteiger charge is -2.08. The van der Waals surface area contributed by atoms with Gasteiger partial charge >= 0.3 is 12.4 Å². The third-order valence-electron chi connectivity index (χ3n) is 1.15. The molecule has 0 unspecified atom stereocenters. The highest BCUT2D eigenvalue weighted by Gasteiger charge is 2.28. The number of nitrogens with one attached hydrogen (secondary N) is 2. The Morgan fingerprint density at radius 2 is 1.93 bits per heavy atom. The summed E-state index contributed by atoms with van der Waals surface area (Å²) in [5.74, 6) is 0. The van der Waals surface area contributed by atoms with Crippen LogP contribution in [-0.4, -0.2) is 38.6 Å². The van der Waals surface area contributed by atoms with Crippen molar-refractivity contribution in [3.8, 4) is 0 Å². The largest absolute Gasteiger partial charge is 0.522 e. The van der Waals surface area contributed by atoms with Gasteiger partial charge in [0.15, 0.2) is 0 Å². The first kappa shape index (κ1) is 13.0. The summed E-state index contributed by atoms with van der Waals surface area (Å²) in [6.45, 7) is 0.200. The van der Waals surface area contributed by atoms with Gasteiger partial charge in [0.25, 0.3) is 0 Å². The number of nitrogens with two attached hydrogens (primary N) is 1. The molecule has 4 N–H and O–H groups in total. The number of carbonyl (C=O) groups excluding carboxylic acids is 1. The summed E-state index contributed by atoms with van der Waals surface area (Å²) in [7, 11) is 0. The van der Waals surface area contributed by atoms with Gasteiger partial charge in [-0.3, -0.25) is 4.74 Å². The van der Waals surface area contributed by atoms with Gasteiger partial charge in [-0.2, -0.15) is 0 Å². The third-order valence-corrected chi connectivity index (χ3v) is 1.15. The molecule has 2 amide bonds. The van der Waals surface area contributed by atoms with E-state index in [-0.39, 0.29) is 13.1 Å². The van der Waals surface area contributed by atoms with Crippen molar-refractivity contribution in [2.45, 2.75) is 6.36 Å². The molecule has 0 bridgehead atoms. The summed E-state index contributed by atoms with van der Waals surface area (Å²) in [5.41, 5.74) is 4.74. The van der Waals surface area contributed by atoms with Gasteiger partial charge in [0.1, 0.15) is 0 Å². The van der Waals surface area contributed by atoms with Crippen molar-refractivity contribution in [1.82, 2.24) is 10.6 Å². The van der Waals surface area contributed by atoms with E-state index in [1.807, 2.05) is 0 Å². The maximum absolute atomic E-state index is 11.4. The molecule has 0 aromatic carbocycles. The highest BCUT2D eigenvalue weighted by atomic mass is 19.4. The molecule has 14 heavy (non-hydrogen) atoms. The molecule has 0 aliphatic carbocycles. The SMILES string of the molecule is NC(=O)NCCNCCOC(F)(F)F. The Kier molecular flexibility index (Phi) is 5.97. The minimum absolute atomic E-state index is 0.0555. The van der Waals surface area contributed by atoms with Crippen LogP contribution in [0.15, 0.2) is 0 Å². The van der Waals surface area contributed by atoms with E-state index in [0.29, 0.717) is 6.54 Å². The molecule has 0 aliphatic rings. The van der Waals surface area contributed by atoms with Gasteiger partial charge in [-0.1, -0.05) is 0 Å². The van der Waals surface area contributed by atoms with E-state index in [1.54, 1.807) is 0 Å². The van der Waals surface area contributed by atoms with Crippen molar-refractivity contribution >= 4 is 6.03 Å². The fourth-order valence-corrected chi connectivity index (χ4v) is 0.638. The molecule has 0 spiro atoms. The Balaban J connectivity index is 3.11.